The molecule has 7 nitrogen and oxygen atoms in total. The fraction of sp³-hybridized carbons (Fsp3) is 1.00. The molecule has 252 valence electrons. The van der Waals surface area contributed by atoms with Gasteiger partial charge in [-0.1, -0.05) is 138 Å². The largest absolute Gasteiger partial charge is 0.425 e. The highest BCUT2D eigenvalue weighted by atomic mass is 28.5. The highest BCUT2D eigenvalue weighted by Gasteiger charge is 2.53. The van der Waals surface area contributed by atoms with E-state index in [2.05, 4.69) is 48.5 Å². The van der Waals surface area contributed by atoms with E-state index in [0.29, 0.717) is 0 Å². The topological polar surface area (TPSA) is 64.6 Å². The molecule has 1 aliphatic rings. The Hall–Kier alpha value is 1.24. The minimum absolute atomic E-state index is 1.05. The van der Waals surface area contributed by atoms with Crippen molar-refractivity contribution < 1.29 is 28.8 Å². The molecule has 14 heteroatoms. The van der Waals surface area contributed by atoms with Gasteiger partial charge >= 0.3 is 35.0 Å². The summed E-state index contributed by atoms with van der Waals surface area (Å²) in [5, 5.41) is 0. The van der Waals surface area contributed by atoms with Gasteiger partial charge in [0.25, 0.3) is 30.0 Å². The van der Waals surface area contributed by atoms with Crippen LogP contribution in [-0.4, -0.2) is 65.0 Å². The van der Waals surface area contributed by atoms with Gasteiger partial charge in [-0.3, -0.25) is 0 Å². The second-order valence-corrected chi connectivity index (χ2v) is 31.3. The standard InChI is InChI=1S/C28H70O7Si7/c1-8-15-22-39-31-37-29-36-30-38-32-40(23-16-9-2,24-17-10-3)34-42(27-20-13-6,28-21-14-7)35-41(33-39,25-18-11-4)26-19-12-5/h39H,8-28,36-38H2,1-7H3. The first-order valence-electron chi connectivity index (χ1n) is 17.9. The van der Waals surface area contributed by atoms with E-state index in [-0.39, 0.29) is 0 Å². The molecule has 1 fully saturated rings. The normalized spacial score (nSPS) is 23.4. The van der Waals surface area contributed by atoms with Gasteiger partial charge in [-0.25, -0.2) is 0 Å². The first kappa shape index (κ1) is 41.3. The summed E-state index contributed by atoms with van der Waals surface area (Å²) in [6.45, 7) is 16.1. The van der Waals surface area contributed by atoms with Gasteiger partial charge in [0, 0.05) is 0 Å². The molecule has 1 aliphatic heterocycles. The third-order valence-electron chi connectivity index (χ3n) is 8.26. The van der Waals surface area contributed by atoms with Crippen molar-refractivity contribution in [1.29, 1.82) is 0 Å². The molecule has 0 amide bonds. The van der Waals surface area contributed by atoms with Crippen molar-refractivity contribution in [3.8, 4) is 0 Å². The SMILES string of the molecule is CCCC[SiH]1O[SiH2]O[SiH2]O[SiH2]O[Si](CCCC)(CCCC)O[Si](CCCC)(CCCC)O[Si](CCCC)(CCCC)O1. The number of hydrogen-bond acceptors (Lipinski definition) is 7. The van der Waals surface area contributed by atoms with E-state index in [4.69, 9.17) is 28.8 Å². The zero-order valence-electron chi connectivity index (χ0n) is 28.9. The zero-order chi connectivity index (χ0) is 31.0. The Kier molecular flexibility index (Phi) is 24.9. The Balaban J connectivity index is 3.78. The van der Waals surface area contributed by atoms with E-state index in [0.717, 1.165) is 132 Å². The molecule has 0 aromatic rings. The Morgan fingerprint density at radius 3 is 1.33 bits per heavy atom. The van der Waals surface area contributed by atoms with E-state index in [9.17, 15) is 0 Å². The van der Waals surface area contributed by atoms with Crippen LogP contribution in [0, 0.1) is 0 Å². The maximum absolute atomic E-state index is 7.91. The van der Waals surface area contributed by atoms with Gasteiger partial charge in [-0.15, -0.1) is 0 Å². The Morgan fingerprint density at radius 2 is 0.857 bits per heavy atom. The quantitative estimate of drug-likeness (QED) is 0.116. The molecule has 1 atom stereocenters. The maximum Gasteiger partial charge on any atom is 0.320 e. The van der Waals surface area contributed by atoms with Gasteiger partial charge in [0.2, 0.25) is 0 Å². The molecular weight excluding hydrogens is 645 g/mol. The first-order valence-corrected chi connectivity index (χ1v) is 29.8. The Morgan fingerprint density at radius 1 is 0.452 bits per heavy atom. The second kappa shape index (κ2) is 25.3. The van der Waals surface area contributed by atoms with E-state index in [1.54, 1.807) is 0 Å². The van der Waals surface area contributed by atoms with Gasteiger partial charge in [0.15, 0.2) is 0 Å². The lowest BCUT2D eigenvalue weighted by atomic mass is 10.4. The average molecular weight is 715 g/mol. The summed E-state index contributed by atoms with van der Waals surface area (Å²) >= 11 is 0. The molecule has 0 radical (unpaired) electrons. The lowest BCUT2D eigenvalue weighted by Gasteiger charge is -2.47. The fourth-order valence-corrected chi connectivity index (χ4v) is 35.0. The van der Waals surface area contributed by atoms with Crippen LogP contribution in [0.15, 0.2) is 0 Å². The van der Waals surface area contributed by atoms with E-state index in [1.807, 2.05) is 0 Å². The molecular formula is C28H70O7Si7. The average Bonchev–Trinajstić information content (AvgIpc) is 3.00. The van der Waals surface area contributed by atoms with Gasteiger partial charge in [-0.2, -0.15) is 0 Å². The van der Waals surface area contributed by atoms with Crippen molar-refractivity contribution in [2.24, 2.45) is 0 Å². The summed E-state index contributed by atoms with van der Waals surface area (Å²) in [5.74, 6) is 0. The van der Waals surface area contributed by atoms with Crippen molar-refractivity contribution in [2.45, 2.75) is 181 Å². The summed E-state index contributed by atoms with van der Waals surface area (Å²) < 4.78 is 49.0. The van der Waals surface area contributed by atoms with Crippen molar-refractivity contribution in [2.75, 3.05) is 0 Å². The molecule has 0 N–H and O–H groups in total. The highest BCUT2D eigenvalue weighted by molar-refractivity contribution is 6.89. The van der Waals surface area contributed by atoms with Crippen LogP contribution >= 0.6 is 0 Å². The number of rotatable bonds is 21. The molecule has 1 rings (SSSR count). The minimum atomic E-state index is -2.66. The summed E-state index contributed by atoms with van der Waals surface area (Å²) in [6, 6.07) is 7.42. The van der Waals surface area contributed by atoms with E-state index in [1.165, 1.54) is 0 Å². The molecule has 0 aliphatic carbocycles. The summed E-state index contributed by atoms with van der Waals surface area (Å²) in [6.07, 6.45) is 16.2. The lowest BCUT2D eigenvalue weighted by Crippen LogP contribution is -2.62. The van der Waals surface area contributed by atoms with Crippen LogP contribution in [0.5, 0.6) is 0 Å². The van der Waals surface area contributed by atoms with Crippen LogP contribution < -0.4 is 0 Å². The molecule has 1 unspecified atom stereocenters. The predicted molar refractivity (Wildman–Crippen MR) is 196 cm³/mol. The fourth-order valence-electron chi connectivity index (χ4n) is 5.66. The third kappa shape index (κ3) is 16.7. The molecule has 0 spiro atoms. The van der Waals surface area contributed by atoms with Crippen LogP contribution in [0.2, 0.25) is 42.3 Å². The Labute approximate surface area is 273 Å². The smallest absolute Gasteiger partial charge is 0.320 e. The summed E-state index contributed by atoms with van der Waals surface area (Å²) in [4.78, 5) is 0. The lowest BCUT2D eigenvalue weighted by molar-refractivity contribution is 0.248. The molecule has 0 saturated carbocycles. The molecule has 0 aromatic heterocycles. The predicted octanol–water partition coefficient (Wildman–Crippen LogP) is 7.26. The van der Waals surface area contributed by atoms with E-state index < -0.39 is 65.0 Å². The van der Waals surface area contributed by atoms with Gasteiger partial charge in [0.05, 0.1) is 0 Å². The minimum Gasteiger partial charge on any atom is -0.425 e. The summed E-state index contributed by atoms with van der Waals surface area (Å²) in [7, 11) is -13.1. The van der Waals surface area contributed by atoms with Gasteiger partial charge < -0.3 is 28.8 Å². The maximum atomic E-state index is 7.91. The third-order valence-corrected chi connectivity index (χ3v) is 31.8. The molecule has 0 bridgehead atoms. The summed E-state index contributed by atoms with van der Waals surface area (Å²) in [5.41, 5.74) is 0. The van der Waals surface area contributed by atoms with Crippen molar-refractivity contribution in [3.63, 3.8) is 0 Å². The molecule has 1 saturated heterocycles. The zero-order valence-corrected chi connectivity index (χ0v) is 37.3. The Bertz CT molecular complexity index is 615. The highest BCUT2D eigenvalue weighted by Crippen LogP contribution is 2.39. The first-order chi connectivity index (χ1) is 20.4. The molecule has 1 heterocycles. The van der Waals surface area contributed by atoms with Gasteiger partial charge in [-0.05, 0) is 42.3 Å². The van der Waals surface area contributed by atoms with Crippen molar-refractivity contribution in [1.82, 2.24) is 0 Å². The number of unbranched alkanes of at least 4 members (excludes halogenated alkanes) is 7. The van der Waals surface area contributed by atoms with Gasteiger partial charge in [0.1, 0.15) is 0 Å². The second-order valence-electron chi connectivity index (χ2n) is 12.3. The monoisotopic (exact) mass is 714 g/mol. The van der Waals surface area contributed by atoms with Crippen molar-refractivity contribution >= 4 is 65.0 Å². The van der Waals surface area contributed by atoms with Crippen LogP contribution in [0.25, 0.3) is 0 Å². The van der Waals surface area contributed by atoms with Crippen LogP contribution in [0.4, 0.5) is 0 Å². The van der Waals surface area contributed by atoms with Crippen molar-refractivity contribution in [3.05, 3.63) is 0 Å². The van der Waals surface area contributed by atoms with E-state index >= 15 is 0 Å². The number of hydrogen-bond donors (Lipinski definition) is 0. The van der Waals surface area contributed by atoms with Crippen LogP contribution in [0.1, 0.15) is 138 Å². The molecule has 42 heavy (non-hydrogen) atoms. The molecule has 0 aromatic carbocycles. The van der Waals surface area contributed by atoms with Crippen LogP contribution in [0.3, 0.4) is 0 Å². The van der Waals surface area contributed by atoms with Crippen LogP contribution in [-0.2, 0) is 28.8 Å².